The number of rotatable bonds is 3. The molecule has 2 atom stereocenters. The molecule has 1 heterocycles. The van der Waals surface area contributed by atoms with Gasteiger partial charge in [0.15, 0.2) is 0 Å². The first kappa shape index (κ1) is 15.4. The van der Waals surface area contributed by atoms with Crippen molar-refractivity contribution < 1.29 is 8.78 Å². The average Bonchev–Trinajstić information content (AvgIpc) is 2.40. The number of benzene rings is 1. The van der Waals surface area contributed by atoms with Gasteiger partial charge in [-0.2, -0.15) is 0 Å². The first-order valence-electron chi connectivity index (χ1n) is 7.48. The minimum atomic E-state index is -0.366. The SMILES string of the molecule is CCC1CCN(Cc2cc(F)ccc2F)CC(C)CN1. The third-order valence-electron chi connectivity index (χ3n) is 4.01. The fourth-order valence-electron chi connectivity index (χ4n) is 2.80. The molecule has 0 bridgehead atoms. The summed E-state index contributed by atoms with van der Waals surface area (Å²) in [6.45, 7) is 7.69. The summed E-state index contributed by atoms with van der Waals surface area (Å²) < 4.78 is 27.0. The van der Waals surface area contributed by atoms with Gasteiger partial charge in [0, 0.05) is 24.7 Å². The molecule has 0 radical (unpaired) electrons. The van der Waals surface area contributed by atoms with Gasteiger partial charge in [-0.15, -0.1) is 0 Å². The molecule has 1 N–H and O–H groups in total. The summed E-state index contributed by atoms with van der Waals surface area (Å²) in [6.07, 6.45) is 2.16. The van der Waals surface area contributed by atoms with Crippen molar-refractivity contribution in [3.8, 4) is 0 Å². The van der Waals surface area contributed by atoms with E-state index >= 15 is 0 Å². The second kappa shape index (κ2) is 7.14. The molecule has 4 heteroatoms. The fourth-order valence-corrected chi connectivity index (χ4v) is 2.80. The summed E-state index contributed by atoms with van der Waals surface area (Å²) in [5.41, 5.74) is 0.457. The van der Waals surface area contributed by atoms with Crippen LogP contribution >= 0.6 is 0 Å². The van der Waals surface area contributed by atoms with Crippen LogP contribution in [-0.2, 0) is 6.54 Å². The number of halogens is 2. The van der Waals surface area contributed by atoms with Crippen LogP contribution in [0.15, 0.2) is 18.2 Å². The molecule has 0 saturated carbocycles. The van der Waals surface area contributed by atoms with E-state index < -0.39 is 0 Å². The highest BCUT2D eigenvalue weighted by Gasteiger charge is 2.19. The second-order valence-corrected chi connectivity index (χ2v) is 5.88. The zero-order valence-electron chi connectivity index (χ0n) is 12.3. The summed E-state index contributed by atoms with van der Waals surface area (Å²) in [5, 5.41) is 3.57. The smallest absolute Gasteiger partial charge is 0.127 e. The molecule has 20 heavy (non-hydrogen) atoms. The number of nitrogens with zero attached hydrogens (tertiary/aromatic N) is 1. The lowest BCUT2D eigenvalue weighted by Gasteiger charge is -2.32. The first-order chi connectivity index (χ1) is 9.58. The van der Waals surface area contributed by atoms with E-state index in [4.69, 9.17) is 0 Å². The Morgan fingerprint density at radius 1 is 1.35 bits per heavy atom. The van der Waals surface area contributed by atoms with E-state index in [9.17, 15) is 8.78 Å². The van der Waals surface area contributed by atoms with Gasteiger partial charge < -0.3 is 5.32 Å². The predicted octanol–water partition coefficient (Wildman–Crippen LogP) is 3.17. The Bertz CT molecular complexity index is 436. The first-order valence-corrected chi connectivity index (χ1v) is 7.48. The van der Waals surface area contributed by atoms with Crippen molar-refractivity contribution in [3.63, 3.8) is 0 Å². The van der Waals surface area contributed by atoms with E-state index in [1.807, 2.05) is 0 Å². The summed E-state index contributed by atoms with van der Waals surface area (Å²) in [7, 11) is 0. The van der Waals surface area contributed by atoms with Gasteiger partial charge >= 0.3 is 0 Å². The lowest BCUT2D eigenvalue weighted by Crippen LogP contribution is -2.43. The van der Waals surface area contributed by atoms with Crippen LogP contribution in [0.4, 0.5) is 8.78 Å². The maximum atomic E-state index is 13.7. The molecule has 1 aliphatic rings. The molecule has 1 fully saturated rings. The van der Waals surface area contributed by atoms with Crippen LogP contribution in [0.1, 0.15) is 32.3 Å². The zero-order chi connectivity index (χ0) is 14.5. The second-order valence-electron chi connectivity index (χ2n) is 5.88. The molecule has 0 aliphatic carbocycles. The van der Waals surface area contributed by atoms with E-state index in [1.165, 1.54) is 18.2 Å². The normalized spacial score (nSPS) is 25.2. The molecule has 2 nitrogen and oxygen atoms in total. The van der Waals surface area contributed by atoms with Gasteiger partial charge in [0.2, 0.25) is 0 Å². The Morgan fingerprint density at radius 2 is 2.15 bits per heavy atom. The van der Waals surface area contributed by atoms with Crippen molar-refractivity contribution in [1.82, 2.24) is 10.2 Å². The van der Waals surface area contributed by atoms with Gasteiger partial charge in [-0.1, -0.05) is 13.8 Å². The van der Waals surface area contributed by atoms with Crippen LogP contribution in [0.25, 0.3) is 0 Å². The van der Waals surface area contributed by atoms with Crippen molar-refractivity contribution in [2.75, 3.05) is 19.6 Å². The van der Waals surface area contributed by atoms with Crippen LogP contribution in [0, 0.1) is 17.6 Å². The standard InChI is InChI=1S/C16H24F2N2/c1-3-15-6-7-20(10-12(2)9-19-15)11-13-8-14(17)4-5-16(13)18/h4-5,8,12,15,19H,3,6-7,9-11H2,1-2H3. The molecular formula is C16H24F2N2. The van der Waals surface area contributed by atoms with Crippen LogP contribution in [-0.4, -0.2) is 30.6 Å². The molecule has 2 rings (SSSR count). The molecule has 0 amide bonds. The maximum Gasteiger partial charge on any atom is 0.127 e. The highest BCUT2D eigenvalue weighted by atomic mass is 19.1. The lowest BCUT2D eigenvalue weighted by molar-refractivity contribution is 0.188. The van der Waals surface area contributed by atoms with Crippen molar-refractivity contribution >= 4 is 0 Å². The summed E-state index contributed by atoms with van der Waals surface area (Å²) >= 11 is 0. The van der Waals surface area contributed by atoms with E-state index in [0.717, 1.165) is 32.5 Å². The summed E-state index contributed by atoms with van der Waals surface area (Å²) in [5.74, 6) is -0.165. The van der Waals surface area contributed by atoms with Crippen molar-refractivity contribution in [2.45, 2.75) is 39.3 Å². The number of hydrogen-bond donors (Lipinski definition) is 1. The van der Waals surface area contributed by atoms with Crippen molar-refractivity contribution in [3.05, 3.63) is 35.4 Å². The highest BCUT2D eigenvalue weighted by molar-refractivity contribution is 5.18. The molecule has 1 aromatic carbocycles. The molecule has 1 saturated heterocycles. The zero-order valence-corrected chi connectivity index (χ0v) is 12.3. The topological polar surface area (TPSA) is 15.3 Å². The highest BCUT2D eigenvalue weighted by Crippen LogP contribution is 2.16. The molecular weight excluding hydrogens is 258 g/mol. The third-order valence-corrected chi connectivity index (χ3v) is 4.01. The minimum Gasteiger partial charge on any atom is -0.314 e. The Balaban J connectivity index is 2.04. The number of nitrogens with one attached hydrogen (secondary N) is 1. The minimum absolute atomic E-state index is 0.314. The maximum absolute atomic E-state index is 13.7. The van der Waals surface area contributed by atoms with Crippen LogP contribution < -0.4 is 5.32 Å². The fraction of sp³-hybridized carbons (Fsp3) is 0.625. The third kappa shape index (κ3) is 4.25. The van der Waals surface area contributed by atoms with Gasteiger partial charge in [0.05, 0.1) is 0 Å². The van der Waals surface area contributed by atoms with Crippen LogP contribution in [0.5, 0.6) is 0 Å². The van der Waals surface area contributed by atoms with Gasteiger partial charge in [-0.05, 0) is 50.0 Å². The Morgan fingerprint density at radius 3 is 2.90 bits per heavy atom. The van der Waals surface area contributed by atoms with E-state index in [1.54, 1.807) is 0 Å². The summed E-state index contributed by atoms with van der Waals surface area (Å²) in [6, 6.07) is 4.23. The van der Waals surface area contributed by atoms with E-state index in [0.29, 0.717) is 24.1 Å². The van der Waals surface area contributed by atoms with Gasteiger partial charge in [0.1, 0.15) is 11.6 Å². The molecule has 0 aromatic heterocycles. The molecule has 1 aromatic rings. The lowest BCUT2D eigenvalue weighted by atomic mass is 10.0. The van der Waals surface area contributed by atoms with E-state index in [-0.39, 0.29) is 11.6 Å². The quantitative estimate of drug-likeness (QED) is 0.916. The van der Waals surface area contributed by atoms with Gasteiger partial charge in [0.25, 0.3) is 0 Å². The molecule has 1 aliphatic heterocycles. The predicted molar refractivity (Wildman–Crippen MR) is 77.5 cm³/mol. The van der Waals surface area contributed by atoms with Crippen molar-refractivity contribution in [1.29, 1.82) is 0 Å². The molecule has 112 valence electrons. The van der Waals surface area contributed by atoms with Crippen molar-refractivity contribution in [2.24, 2.45) is 5.92 Å². The Hall–Kier alpha value is -1.00. The van der Waals surface area contributed by atoms with Crippen LogP contribution in [0.3, 0.4) is 0 Å². The summed E-state index contributed by atoms with van der Waals surface area (Å²) in [4.78, 5) is 2.24. The largest absolute Gasteiger partial charge is 0.314 e. The average molecular weight is 282 g/mol. The molecule has 0 spiro atoms. The van der Waals surface area contributed by atoms with Gasteiger partial charge in [-0.3, -0.25) is 4.90 Å². The number of hydrogen-bond acceptors (Lipinski definition) is 2. The monoisotopic (exact) mass is 282 g/mol. The van der Waals surface area contributed by atoms with E-state index in [2.05, 4.69) is 24.1 Å². The Kier molecular flexibility index (Phi) is 5.49. The Labute approximate surface area is 120 Å². The van der Waals surface area contributed by atoms with Crippen LogP contribution in [0.2, 0.25) is 0 Å². The molecule has 2 unspecified atom stereocenters. The van der Waals surface area contributed by atoms with Gasteiger partial charge in [-0.25, -0.2) is 8.78 Å².